The van der Waals surface area contributed by atoms with Crippen LogP contribution in [0.1, 0.15) is 48.9 Å². The average Bonchev–Trinajstić information content (AvgIpc) is 3.45. The zero-order valence-corrected chi connectivity index (χ0v) is 17.7. The van der Waals surface area contributed by atoms with Gasteiger partial charge in [-0.25, -0.2) is 4.98 Å². The third-order valence-corrected chi connectivity index (χ3v) is 5.82. The van der Waals surface area contributed by atoms with Crippen LogP contribution in [0.4, 0.5) is 0 Å². The number of aromatic nitrogens is 4. The SMILES string of the molecule is Cc1cccc(OCc2nc(-c3ccc4c(c3)nc(C)c(=O)n4C3CCCC3)no2)c1. The molecule has 4 aromatic rings. The first-order valence-corrected chi connectivity index (χ1v) is 10.6. The average molecular weight is 416 g/mol. The minimum atomic E-state index is 0.00212. The molecule has 0 aliphatic heterocycles. The van der Waals surface area contributed by atoms with Crippen molar-refractivity contribution < 1.29 is 9.26 Å². The van der Waals surface area contributed by atoms with Crippen molar-refractivity contribution in [2.75, 3.05) is 0 Å². The van der Waals surface area contributed by atoms with Gasteiger partial charge in [-0.3, -0.25) is 4.79 Å². The number of aryl methyl sites for hydroxylation is 2. The second-order valence-electron chi connectivity index (χ2n) is 8.13. The summed E-state index contributed by atoms with van der Waals surface area (Å²) >= 11 is 0. The van der Waals surface area contributed by atoms with Gasteiger partial charge in [0.15, 0.2) is 6.61 Å². The van der Waals surface area contributed by atoms with Gasteiger partial charge >= 0.3 is 0 Å². The summed E-state index contributed by atoms with van der Waals surface area (Å²) in [6.45, 7) is 3.98. The largest absolute Gasteiger partial charge is 0.484 e. The highest BCUT2D eigenvalue weighted by atomic mass is 16.5. The van der Waals surface area contributed by atoms with Gasteiger partial charge < -0.3 is 13.8 Å². The van der Waals surface area contributed by atoms with Crippen molar-refractivity contribution in [3.63, 3.8) is 0 Å². The lowest BCUT2D eigenvalue weighted by atomic mass is 10.1. The Kier molecular flexibility index (Phi) is 5.02. The van der Waals surface area contributed by atoms with Crippen LogP contribution in [0.3, 0.4) is 0 Å². The van der Waals surface area contributed by atoms with Crippen molar-refractivity contribution in [1.82, 2.24) is 19.7 Å². The summed E-state index contributed by atoms with van der Waals surface area (Å²) in [5.41, 5.74) is 4.06. The molecule has 1 aliphatic rings. The second-order valence-corrected chi connectivity index (χ2v) is 8.13. The zero-order valence-electron chi connectivity index (χ0n) is 17.7. The number of nitrogens with zero attached hydrogens (tertiary/aromatic N) is 4. The highest BCUT2D eigenvalue weighted by Crippen LogP contribution is 2.31. The molecule has 5 rings (SSSR count). The van der Waals surface area contributed by atoms with Crippen LogP contribution in [0.15, 0.2) is 51.8 Å². The van der Waals surface area contributed by atoms with Crippen molar-refractivity contribution in [3.8, 4) is 17.1 Å². The van der Waals surface area contributed by atoms with E-state index in [0.29, 0.717) is 17.4 Å². The highest BCUT2D eigenvalue weighted by Gasteiger charge is 2.22. The van der Waals surface area contributed by atoms with Gasteiger partial charge in [-0.2, -0.15) is 4.98 Å². The molecular weight excluding hydrogens is 392 g/mol. The van der Waals surface area contributed by atoms with Gasteiger partial charge in [0.05, 0.1) is 11.0 Å². The molecule has 0 bridgehead atoms. The molecule has 0 spiro atoms. The van der Waals surface area contributed by atoms with E-state index in [1.165, 1.54) is 0 Å². The van der Waals surface area contributed by atoms with Crippen LogP contribution >= 0.6 is 0 Å². The fourth-order valence-electron chi connectivity index (χ4n) is 4.27. The monoisotopic (exact) mass is 416 g/mol. The Bertz CT molecular complexity index is 1300. The predicted molar refractivity (Wildman–Crippen MR) is 117 cm³/mol. The van der Waals surface area contributed by atoms with Crippen molar-refractivity contribution in [1.29, 1.82) is 0 Å². The fourth-order valence-corrected chi connectivity index (χ4v) is 4.27. The summed E-state index contributed by atoms with van der Waals surface area (Å²) in [6.07, 6.45) is 4.40. The lowest BCUT2D eigenvalue weighted by Gasteiger charge is -2.17. The summed E-state index contributed by atoms with van der Waals surface area (Å²) in [7, 11) is 0. The maximum absolute atomic E-state index is 12.8. The zero-order chi connectivity index (χ0) is 21.4. The van der Waals surface area contributed by atoms with Gasteiger partial charge in [-0.15, -0.1) is 0 Å². The lowest BCUT2D eigenvalue weighted by molar-refractivity contribution is 0.243. The second kappa shape index (κ2) is 7.98. The van der Waals surface area contributed by atoms with E-state index in [2.05, 4.69) is 15.1 Å². The summed E-state index contributed by atoms with van der Waals surface area (Å²) in [5, 5.41) is 4.10. The molecule has 1 aliphatic carbocycles. The molecule has 0 unspecified atom stereocenters. The molecule has 7 nitrogen and oxygen atoms in total. The highest BCUT2D eigenvalue weighted by molar-refractivity contribution is 5.80. The van der Waals surface area contributed by atoms with Crippen LogP contribution in [0.5, 0.6) is 5.75 Å². The fraction of sp³-hybridized carbons (Fsp3) is 0.333. The molecule has 0 atom stereocenters. The van der Waals surface area contributed by atoms with Gasteiger partial charge in [0.1, 0.15) is 11.4 Å². The minimum absolute atomic E-state index is 0.00212. The molecule has 0 radical (unpaired) electrons. The molecule has 0 N–H and O–H groups in total. The normalized spacial score (nSPS) is 14.4. The van der Waals surface area contributed by atoms with Crippen LogP contribution in [0.25, 0.3) is 22.4 Å². The van der Waals surface area contributed by atoms with Crippen LogP contribution in [-0.4, -0.2) is 19.7 Å². The molecule has 7 heteroatoms. The first-order chi connectivity index (χ1) is 15.1. The predicted octanol–water partition coefficient (Wildman–Crippen LogP) is 4.76. The van der Waals surface area contributed by atoms with Crippen LogP contribution in [-0.2, 0) is 6.61 Å². The van der Waals surface area contributed by atoms with E-state index < -0.39 is 0 Å². The number of hydrogen-bond donors (Lipinski definition) is 0. The van der Waals surface area contributed by atoms with Crippen LogP contribution in [0, 0.1) is 13.8 Å². The Balaban J connectivity index is 1.43. The summed E-state index contributed by atoms with van der Waals surface area (Å²) in [5.74, 6) is 1.63. The van der Waals surface area contributed by atoms with Gasteiger partial charge in [-0.05, 0) is 62.6 Å². The Morgan fingerprint density at radius 3 is 2.74 bits per heavy atom. The van der Waals surface area contributed by atoms with E-state index >= 15 is 0 Å². The Morgan fingerprint density at radius 2 is 1.94 bits per heavy atom. The smallest absolute Gasteiger partial charge is 0.272 e. The first kappa shape index (κ1) is 19.5. The Morgan fingerprint density at radius 1 is 1.10 bits per heavy atom. The topological polar surface area (TPSA) is 83.0 Å². The molecule has 2 heterocycles. The molecule has 0 saturated heterocycles. The van der Waals surface area contributed by atoms with Gasteiger partial charge in [0, 0.05) is 11.6 Å². The van der Waals surface area contributed by atoms with E-state index in [0.717, 1.165) is 53.6 Å². The number of rotatable bonds is 5. The number of benzene rings is 2. The summed E-state index contributed by atoms with van der Waals surface area (Å²) in [4.78, 5) is 21.8. The van der Waals surface area contributed by atoms with Crippen LogP contribution < -0.4 is 10.3 Å². The molecule has 158 valence electrons. The number of hydrogen-bond acceptors (Lipinski definition) is 6. The number of fused-ring (bicyclic) bond motifs is 1. The Labute approximate surface area is 179 Å². The maximum Gasteiger partial charge on any atom is 0.272 e. The molecular formula is C24H24N4O3. The number of ether oxygens (including phenoxy) is 1. The van der Waals surface area contributed by atoms with E-state index in [1.54, 1.807) is 6.92 Å². The van der Waals surface area contributed by atoms with Crippen molar-refractivity contribution >= 4 is 11.0 Å². The summed E-state index contributed by atoms with van der Waals surface area (Å²) in [6, 6.07) is 13.8. The first-order valence-electron chi connectivity index (χ1n) is 10.6. The van der Waals surface area contributed by atoms with E-state index in [4.69, 9.17) is 9.26 Å². The standard InChI is InChI=1S/C24H24N4O3/c1-15-6-5-9-19(12-15)30-14-22-26-23(27-31-22)17-10-11-21-20(13-17)25-16(2)24(29)28(21)18-7-3-4-8-18/h5-6,9-13,18H,3-4,7-8,14H2,1-2H3. The lowest BCUT2D eigenvalue weighted by Crippen LogP contribution is -2.26. The van der Waals surface area contributed by atoms with Crippen LogP contribution in [0.2, 0.25) is 0 Å². The van der Waals surface area contributed by atoms with Gasteiger partial charge in [0.25, 0.3) is 11.4 Å². The molecule has 2 aromatic heterocycles. The molecule has 0 amide bonds. The van der Waals surface area contributed by atoms with Gasteiger partial charge in [0.2, 0.25) is 5.82 Å². The summed E-state index contributed by atoms with van der Waals surface area (Å²) < 4.78 is 13.0. The third-order valence-electron chi connectivity index (χ3n) is 5.82. The minimum Gasteiger partial charge on any atom is -0.484 e. The molecule has 1 saturated carbocycles. The van der Waals surface area contributed by atoms with Gasteiger partial charge in [-0.1, -0.05) is 30.1 Å². The van der Waals surface area contributed by atoms with E-state index in [-0.39, 0.29) is 18.2 Å². The van der Waals surface area contributed by atoms with E-state index in [9.17, 15) is 4.79 Å². The van der Waals surface area contributed by atoms with E-state index in [1.807, 2.05) is 54.0 Å². The third kappa shape index (κ3) is 3.83. The molecule has 1 fully saturated rings. The Hall–Kier alpha value is -3.48. The van der Waals surface area contributed by atoms with Crippen molar-refractivity contribution in [3.05, 3.63) is 70.0 Å². The maximum atomic E-state index is 12.8. The molecule has 31 heavy (non-hydrogen) atoms. The quantitative estimate of drug-likeness (QED) is 0.467. The van der Waals surface area contributed by atoms with Crippen molar-refractivity contribution in [2.45, 2.75) is 52.2 Å². The molecule has 2 aromatic carbocycles. The van der Waals surface area contributed by atoms with Crippen molar-refractivity contribution in [2.24, 2.45) is 0 Å².